The first-order valence-corrected chi connectivity index (χ1v) is 6.57. The maximum atomic E-state index is 14.0. The zero-order chi connectivity index (χ0) is 14.0. The first-order chi connectivity index (χ1) is 8.96. The molecule has 0 heterocycles. The van der Waals surface area contributed by atoms with Crippen LogP contribution in [0.5, 0.6) is 5.75 Å². The fourth-order valence-electron chi connectivity index (χ4n) is 2.06. The van der Waals surface area contributed by atoms with Gasteiger partial charge in [0.2, 0.25) is 0 Å². The number of para-hydroxylation sites is 1. The van der Waals surface area contributed by atoms with Gasteiger partial charge in [-0.05, 0) is 31.2 Å². The lowest BCUT2D eigenvalue weighted by atomic mass is 9.87. The van der Waals surface area contributed by atoms with Gasteiger partial charge in [0.05, 0.1) is 7.11 Å². The van der Waals surface area contributed by atoms with Crippen LogP contribution in [-0.4, -0.2) is 12.2 Å². The minimum Gasteiger partial charge on any atom is -0.496 e. The molecule has 1 atom stereocenters. The van der Waals surface area contributed by atoms with Crippen molar-refractivity contribution in [2.24, 2.45) is 0 Å². The summed E-state index contributed by atoms with van der Waals surface area (Å²) in [6.07, 6.45) is 0. The molecule has 0 fully saturated rings. The van der Waals surface area contributed by atoms with Crippen LogP contribution in [0.4, 0.5) is 4.39 Å². The largest absolute Gasteiger partial charge is 0.496 e. The number of benzene rings is 2. The van der Waals surface area contributed by atoms with Gasteiger partial charge in [-0.15, -0.1) is 0 Å². The first-order valence-electron chi connectivity index (χ1n) is 5.78. The number of hydrogen-bond donors (Lipinski definition) is 1. The summed E-state index contributed by atoms with van der Waals surface area (Å²) in [7, 11) is 1.52. The van der Waals surface area contributed by atoms with E-state index in [1.807, 2.05) is 0 Å². The fraction of sp³-hybridized carbons (Fsp3) is 0.200. The van der Waals surface area contributed by atoms with E-state index >= 15 is 0 Å². The van der Waals surface area contributed by atoms with Gasteiger partial charge in [-0.2, -0.15) is 0 Å². The minimum atomic E-state index is -1.47. The number of rotatable bonds is 3. The van der Waals surface area contributed by atoms with Gasteiger partial charge >= 0.3 is 0 Å². The molecule has 2 aromatic carbocycles. The van der Waals surface area contributed by atoms with E-state index in [0.717, 1.165) is 0 Å². The topological polar surface area (TPSA) is 29.5 Å². The van der Waals surface area contributed by atoms with E-state index in [1.165, 1.54) is 13.2 Å². The Bertz CT molecular complexity index is 596. The predicted octanol–water partition coefficient (Wildman–Crippen LogP) is 3.85. The van der Waals surface area contributed by atoms with Gasteiger partial charge in [-0.3, -0.25) is 0 Å². The molecule has 1 unspecified atom stereocenters. The van der Waals surface area contributed by atoms with Gasteiger partial charge in [0, 0.05) is 15.6 Å². The van der Waals surface area contributed by atoms with E-state index in [2.05, 4.69) is 15.9 Å². The molecule has 0 aromatic heterocycles. The van der Waals surface area contributed by atoms with Gasteiger partial charge in [0.1, 0.15) is 17.2 Å². The molecule has 19 heavy (non-hydrogen) atoms. The van der Waals surface area contributed by atoms with Crippen molar-refractivity contribution in [1.82, 2.24) is 0 Å². The lowest BCUT2D eigenvalue weighted by Crippen LogP contribution is -2.25. The molecule has 2 nitrogen and oxygen atoms in total. The third kappa shape index (κ3) is 2.65. The monoisotopic (exact) mass is 324 g/mol. The van der Waals surface area contributed by atoms with Crippen LogP contribution in [0.25, 0.3) is 0 Å². The van der Waals surface area contributed by atoms with E-state index in [0.29, 0.717) is 15.8 Å². The van der Waals surface area contributed by atoms with E-state index in [9.17, 15) is 9.50 Å². The first kappa shape index (κ1) is 14.0. The molecule has 0 aliphatic carbocycles. The van der Waals surface area contributed by atoms with Crippen molar-refractivity contribution in [3.8, 4) is 5.75 Å². The zero-order valence-corrected chi connectivity index (χ0v) is 12.2. The lowest BCUT2D eigenvalue weighted by molar-refractivity contribution is 0.0947. The highest BCUT2D eigenvalue weighted by molar-refractivity contribution is 9.10. The Morgan fingerprint density at radius 3 is 2.53 bits per heavy atom. The summed E-state index contributed by atoms with van der Waals surface area (Å²) in [6.45, 7) is 1.55. The van der Waals surface area contributed by atoms with Gasteiger partial charge in [0.25, 0.3) is 0 Å². The summed E-state index contributed by atoms with van der Waals surface area (Å²) in [5, 5.41) is 10.7. The normalized spacial score (nSPS) is 13.9. The zero-order valence-electron chi connectivity index (χ0n) is 10.7. The molecule has 1 N–H and O–H groups in total. The molecule has 0 saturated carbocycles. The van der Waals surface area contributed by atoms with Crippen molar-refractivity contribution < 1.29 is 14.2 Å². The molecular formula is C15H14BrFO2. The van der Waals surface area contributed by atoms with Crippen LogP contribution in [0.15, 0.2) is 46.9 Å². The molecule has 0 radical (unpaired) electrons. The van der Waals surface area contributed by atoms with Crippen LogP contribution in [0.2, 0.25) is 0 Å². The summed E-state index contributed by atoms with van der Waals surface area (Å²) in [5.41, 5.74) is -0.749. The smallest absolute Gasteiger partial charge is 0.129 e. The minimum absolute atomic E-state index is 0.200. The van der Waals surface area contributed by atoms with Gasteiger partial charge < -0.3 is 9.84 Å². The summed E-state index contributed by atoms with van der Waals surface area (Å²) >= 11 is 3.29. The number of methoxy groups -OCH3 is 1. The standard InChI is InChI=1S/C15H14BrFO2/c1-15(18,11-5-3-4-6-14(11)19-2)12-9-10(16)7-8-13(12)17/h3-9,18H,1-2H3. The molecule has 0 aliphatic rings. The highest BCUT2D eigenvalue weighted by Gasteiger charge is 2.31. The van der Waals surface area contributed by atoms with E-state index in [1.54, 1.807) is 43.3 Å². The van der Waals surface area contributed by atoms with Crippen LogP contribution in [0.1, 0.15) is 18.1 Å². The molecule has 0 aliphatic heterocycles. The lowest BCUT2D eigenvalue weighted by Gasteiger charge is -2.26. The molecule has 0 spiro atoms. The molecule has 4 heteroatoms. The summed E-state index contributed by atoms with van der Waals surface area (Å²) in [6, 6.07) is 11.5. The maximum absolute atomic E-state index is 14.0. The second-order valence-electron chi connectivity index (χ2n) is 4.40. The number of hydrogen-bond acceptors (Lipinski definition) is 2. The van der Waals surface area contributed by atoms with Crippen molar-refractivity contribution in [2.75, 3.05) is 7.11 Å². The Morgan fingerprint density at radius 2 is 1.84 bits per heavy atom. The van der Waals surface area contributed by atoms with Crippen LogP contribution in [-0.2, 0) is 5.60 Å². The third-order valence-electron chi connectivity index (χ3n) is 3.08. The number of ether oxygens (including phenoxy) is 1. The summed E-state index contributed by atoms with van der Waals surface area (Å²) in [4.78, 5) is 0. The quantitative estimate of drug-likeness (QED) is 0.929. The molecule has 2 aromatic rings. The molecular weight excluding hydrogens is 311 g/mol. The highest BCUT2D eigenvalue weighted by Crippen LogP contribution is 2.37. The average Bonchev–Trinajstić information content (AvgIpc) is 2.41. The number of halogens is 2. The van der Waals surface area contributed by atoms with Crippen molar-refractivity contribution in [1.29, 1.82) is 0 Å². The number of aliphatic hydroxyl groups is 1. The van der Waals surface area contributed by atoms with E-state index in [-0.39, 0.29) is 5.56 Å². The maximum Gasteiger partial charge on any atom is 0.129 e. The Morgan fingerprint density at radius 1 is 1.16 bits per heavy atom. The van der Waals surface area contributed by atoms with Crippen molar-refractivity contribution in [2.45, 2.75) is 12.5 Å². The highest BCUT2D eigenvalue weighted by atomic mass is 79.9. The Balaban J connectivity index is 2.61. The fourth-order valence-corrected chi connectivity index (χ4v) is 2.42. The van der Waals surface area contributed by atoms with Crippen LogP contribution in [0, 0.1) is 5.82 Å². The van der Waals surface area contributed by atoms with Crippen molar-refractivity contribution in [3.05, 3.63) is 63.9 Å². The molecule has 0 amide bonds. The second kappa shape index (κ2) is 5.31. The Kier molecular flexibility index (Phi) is 3.92. The molecule has 0 saturated heterocycles. The summed E-state index contributed by atoms with van der Waals surface area (Å²) < 4.78 is 19.9. The second-order valence-corrected chi connectivity index (χ2v) is 5.31. The predicted molar refractivity (Wildman–Crippen MR) is 75.8 cm³/mol. The molecule has 100 valence electrons. The summed E-state index contributed by atoms with van der Waals surface area (Å²) in [5.74, 6) is 0.0611. The molecule has 0 bridgehead atoms. The van der Waals surface area contributed by atoms with Crippen molar-refractivity contribution >= 4 is 15.9 Å². The average molecular weight is 325 g/mol. The van der Waals surface area contributed by atoms with Crippen LogP contribution in [0.3, 0.4) is 0 Å². The van der Waals surface area contributed by atoms with Gasteiger partial charge in [0.15, 0.2) is 0 Å². The Labute approximate surface area is 120 Å². The van der Waals surface area contributed by atoms with Gasteiger partial charge in [-0.25, -0.2) is 4.39 Å². The SMILES string of the molecule is COc1ccccc1C(C)(O)c1cc(Br)ccc1F. The van der Waals surface area contributed by atoms with Crippen LogP contribution < -0.4 is 4.74 Å². The van der Waals surface area contributed by atoms with Crippen molar-refractivity contribution in [3.63, 3.8) is 0 Å². The van der Waals surface area contributed by atoms with E-state index in [4.69, 9.17) is 4.74 Å². The van der Waals surface area contributed by atoms with Crippen LogP contribution >= 0.6 is 15.9 Å². The van der Waals surface area contributed by atoms with E-state index < -0.39 is 11.4 Å². The third-order valence-corrected chi connectivity index (χ3v) is 3.58. The Hall–Kier alpha value is -1.39. The van der Waals surface area contributed by atoms with Gasteiger partial charge in [-0.1, -0.05) is 34.1 Å². The molecule has 2 rings (SSSR count).